The van der Waals surface area contributed by atoms with Crippen molar-refractivity contribution < 1.29 is 107 Å². The first-order valence-electron chi connectivity index (χ1n) is 31.6. The molecule has 0 bridgehead atoms. The molecule has 28 nitrogen and oxygen atoms in total. The molecule has 0 aromatic carbocycles. The lowest BCUT2D eigenvalue weighted by Gasteiger charge is -2.44. The first-order valence-corrected chi connectivity index (χ1v) is 44.7. The van der Waals surface area contributed by atoms with E-state index >= 15 is 0 Å². The third kappa shape index (κ3) is 58.2. The summed E-state index contributed by atoms with van der Waals surface area (Å²) in [6, 6.07) is 0. The van der Waals surface area contributed by atoms with E-state index < -0.39 is 84.4 Å². The van der Waals surface area contributed by atoms with Crippen LogP contribution in [0.3, 0.4) is 0 Å². The van der Waals surface area contributed by atoms with Crippen LogP contribution in [0.2, 0.25) is 0 Å². The molecule has 0 saturated carbocycles. The normalized spacial score (nSPS) is 13.4. The second-order valence-corrected chi connectivity index (χ2v) is 41.0. The van der Waals surface area contributed by atoms with Gasteiger partial charge in [0.25, 0.3) is 0 Å². The second kappa shape index (κ2) is 50.5. The maximum Gasteiger partial charge on any atom is 0.909 e. The molecule has 0 amide bonds. The van der Waals surface area contributed by atoms with Crippen molar-refractivity contribution in [3.63, 3.8) is 0 Å². The molecule has 90 heavy (non-hydrogen) atoms. The Bertz CT molecular complexity index is 1480. The first kappa shape index (κ1) is 102. The van der Waals surface area contributed by atoms with E-state index in [-0.39, 0.29) is 121 Å². The summed E-state index contributed by atoms with van der Waals surface area (Å²) >= 11 is -5.48. The Kier molecular flexibility index (Phi) is 57.4. The highest BCUT2D eigenvalue weighted by molar-refractivity contribution is 6.73. The maximum atomic E-state index is 11.2. The average molecular weight is 1450 g/mol. The van der Waals surface area contributed by atoms with E-state index in [1.165, 1.54) is 0 Å². The lowest BCUT2D eigenvalue weighted by atomic mass is 10.5. The van der Waals surface area contributed by atoms with Gasteiger partial charge in [0.05, 0.1) is 18.3 Å². The molecule has 0 spiro atoms. The number of rotatable bonds is 44. The molecule has 0 aromatic heterocycles. The first-order chi connectivity index (χ1) is 39.7. The van der Waals surface area contributed by atoms with Gasteiger partial charge in [0, 0.05) is 79.4 Å². The molecule has 0 aromatic rings. The van der Waals surface area contributed by atoms with E-state index in [0.29, 0.717) is 0 Å². The van der Waals surface area contributed by atoms with Crippen LogP contribution < -0.4 is 16.9 Å². The highest BCUT2D eigenvalue weighted by Crippen LogP contribution is 2.28. The molecule has 1 radical (unpaired) electrons. The topological polar surface area (TPSA) is 365 Å². The van der Waals surface area contributed by atoms with Gasteiger partial charge in [-0.25, -0.2) is 0 Å². The van der Waals surface area contributed by atoms with Crippen molar-refractivity contribution in [2.24, 2.45) is 10.8 Å². The zero-order valence-corrected chi connectivity index (χ0v) is 71.1. The van der Waals surface area contributed by atoms with E-state index in [9.17, 15) is 4.80 Å². The molecule has 0 aliphatic carbocycles. The molecule has 0 unspecified atom stereocenters. The SMILES string of the molecule is CC(C)O[Si](N)(OC(C)C)OC(C)C.CC(C)O[Si]([OH2+])(OC(C)C)OC(C)C.CC(C)[O][Al-]([O]C(C)C)[O][Si](OC(C)C)(OC(C)C)O[Si](O)(OC(C)C)OC(C)C.CC(C)[O][Al]([O]C(C)C)[O][Si](OC(C)C)(OC(C)C)O[Si](N)(OC(C)C)OC(C)C.N.O. The quantitative estimate of drug-likeness (QED) is 0.0326. The summed E-state index contributed by atoms with van der Waals surface area (Å²) in [4.78, 5) is 19.2. The second-order valence-electron chi connectivity index (χ2n) is 25.4. The lowest BCUT2D eigenvalue weighted by molar-refractivity contribution is -0.0783. The smallest absolute Gasteiger partial charge is 0.632 e. The minimum absolute atomic E-state index is 0. The Morgan fingerprint density at radius 3 is 0.767 bits per heavy atom. The highest BCUT2D eigenvalue weighted by Gasteiger charge is 2.62. The molecule has 0 rings (SSSR count). The third-order valence-corrected chi connectivity index (χ3v) is 30.0. The monoisotopic (exact) mass is 1450 g/mol. The van der Waals surface area contributed by atoms with Gasteiger partial charge in [-0.05, 0) is 261 Å². The fourth-order valence-electron chi connectivity index (χ4n) is 6.59. The minimum atomic E-state index is -4.19. The van der Waals surface area contributed by atoms with Crippen molar-refractivity contribution in [1.29, 1.82) is 0 Å². The van der Waals surface area contributed by atoms with Crippen LogP contribution in [-0.2, 0) is 92.3 Å². The van der Waals surface area contributed by atoms with Crippen LogP contribution in [0.15, 0.2) is 0 Å². The Balaban J connectivity index is -0.000000275. The Labute approximate surface area is 564 Å². The highest BCUT2D eigenvalue weighted by atomic mass is 28.5. The van der Waals surface area contributed by atoms with Crippen LogP contribution in [0.5, 0.6) is 0 Å². The van der Waals surface area contributed by atoms with Crippen LogP contribution in [-0.4, -0.2) is 209 Å². The van der Waals surface area contributed by atoms with E-state index in [1.807, 2.05) is 222 Å². The van der Waals surface area contributed by atoms with Gasteiger partial charge in [-0.2, -0.15) is 0 Å². The maximum absolute atomic E-state index is 11.2. The van der Waals surface area contributed by atoms with Crippen LogP contribution in [0.4, 0.5) is 0 Å². The van der Waals surface area contributed by atoms with Crippen molar-refractivity contribution >= 4 is 84.4 Å². The Morgan fingerprint density at radius 2 is 0.544 bits per heavy atom. The van der Waals surface area contributed by atoms with Crippen molar-refractivity contribution in [2.75, 3.05) is 0 Å². The van der Waals surface area contributed by atoms with Crippen molar-refractivity contribution in [3.8, 4) is 0 Å². The van der Waals surface area contributed by atoms with Crippen LogP contribution in [0.25, 0.3) is 0 Å². The van der Waals surface area contributed by atoms with Crippen molar-refractivity contribution in [2.45, 2.75) is 359 Å². The van der Waals surface area contributed by atoms with E-state index in [1.54, 1.807) is 27.7 Å². The zero-order chi connectivity index (χ0) is 70.1. The van der Waals surface area contributed by atoms with Gasteiger partial charge in [-0.3, -0.25) is 10.8 Å². The number of hydrogen-bond donors (Lipinski definition) is 4. The molecule has 0 atom stereocenters. The number of nitrogens with two attached hydrogens (primary N) is 2. The van der Waals surface area contributed by atoms with Crippen molar-refractivity contribution in [1.82, 2.24) is 6.15 Å². The van der Waals surface area contributed by atoms with Gasteiger partial charge < -0.3 is 114 Å². The third-order valence-electron chi connectivity index (χ3n) is 8.00. The summed E-state index contributed by atoms with van der Waals surface area (Å²) in [6.07, 6.45) is -2.89. The molecule has 0 saturated heterocycles. The van der Waals surface area contributed by atoms with Crippen LogP contribution >= 0.6 is 0 Å². The lowest BCUT2D eigenvalue weighted by Crippen LogP contribution is -2.68. The molecule has 0 aliphatic heterocycles. The molecule has 549 valence electrons. The van der Waals surface area contributed by atoms with Crippen LogP contribution in [0.1, 0.15) is 249 Å². The summed E-state index contributed by atoms with van der Waals surface area (Å²) in [5.74, 6) is 0. The summed E-state index contributed by atoms with van der Waals surface area (Å²) in [7, 11) is -21.9. The summed E-state index contributed by atoms with van der Waals surface area (Å²) in [5.41, 5.74) is 0. The molecule has 0 aliphatic rings. The van der Waals surface area contributed by atoms with Gasteiger partial charge in [0.2, 0.25) is 0 Å². The average Bonchev–Trinajstić information content (AvgIpc) is 3.18. The van der Waals surface area contributed by atoms with Gasteiger partial charge in [-0.1, -0.05) is 0 Å². The summed E-state index contributed by atoms with van der Waals surface area (Å²) in [5, 5.41) is 12.5. The molecule has 0 fully saturated rings. The molecule has 36 heteroatoms. The fourth-order valence-corrected chi connectivity index (χ4v) is 26.8. The molecule has 0 heterocycles. The largest absolute Gasteiger partial charge is 0.909 e. The van der Waals surface area contributed by atoms with Gasteiger partial charge in [0.1, 0.15) is 0 Å². The Morgan fingerprint density at radius 1 is 0.311 bits per heavy atom. The van der Waals surface area contributed by atoms with Crippen molar-refractivity contribution in [3.05, 3.63) is 0 Å². The van der Waals surface area contributed by atoms with Crippen LogP contribution in [0, 0.1) is 0 Å². The predicted molar refractivity (Wildman–Crippen MR) is 365 cm³/mol. The fraction of sp³-hybridized carbons (Fsp3) is 1.00. The summed E-state index contributed by atoms with van der Waals surface area (Å²) < 4.78 is 129. The van der Waals surface area contributed by atoms with E-state index in [2.05, 4.69) is 0 Å². The van der Waals surface area contributed by atoms with Gasteiger partial charge in [-0.15, -0.1) is 0 Å². The standard InChI is InChI=1S/C12H30NO6Si2.C12H29O7Si2.C9H23NO3Si.C9H22O4Si.4C3H7O.2Al.H3N.H2O/c2*1-9(2)15-20(13,16-10(3)4)19-21(14,17-11(5)6)18-12(7)8;2*1-7(2)11-14(10,12-8(3)4)13-9(5)6;4*1-3(2)4;;;;/h9-12H,13H2,1-8H3;9-13H,1-8H3;7-9H,10H2,1-6H3;7-10H,1-6H3;4*3H,1-2H3;;;1H3;1H2/q2*-1;;;4*-1;+2;+3;;/p+1. The molecular weight excluding hydrogens is 1310 g/mol. The van der Waals surface area contributed by atoms with E-state index in [0.717, 1.165) is 0 Å². The van der Waals surface area contributed by atoms with E-state index in [4.69, 9.17) is 108 Å². The Hall–Kier alpha value is 1.25. The predicted octanol–water partition coefficient (Wildman–Crippen LogP) is 9.22. The van der Waals surface area contributed by atoms with Gasteiger partial charge in [0.15, 0.2) is 0 Å². The molecular formula is C54H138Al2N3O25Si6. The van der Waals surface area contributed by atoms with Gasteiger partial charge >= 0.3 is 84.4 Å². The number of hydrogen-bond acceptors (Lipinski definition) is 26. The molecule has 12 N–H and O–H groups in total. The zero-order valence-electron chi connectivity index (χ0n) is 62.8. The summed E-state index contributed by atoms with van der Waals surface area (Å²) in [6.45, 7) is 67.3. The minimum Gasteiger partial charge on any atom is -0.632 e.